The largest absolute Gasteiger partial charge is 0.347 e. The molecule has 0 atom stereocenters. The summed E-state index contributed by atoms with van der Waals surface area (Å²) >= 11 is 0. The van der Waals surface area contributed by atoms with Crippen molar-refractivity contribution in [2.45, 2.75) is 13.0 Å². The summed E-state index contributed by atoms with van der Waals surface area (Å²) in [5, 5.41) is 1.31. The second-order valence-corrected chi connectivity index (χ2v) is 3.21. The molecule has 2 N–H and O–H groups in total. The summed E-state index contributed by atoms with van der Waals surface area (Å²) in [7, 11) is 0. The Kier molecular flexibility index (Phi) is 2.32. The number of hydrogen-bond donors (Lipinski definition) is 1. The lowest BCUT2D eigenvalue weighted by Gasteiger charge is -2.02. The number of aryl methyl sites for hydroxylation is 1. The van der Waals surface area contributed by atoms with Gasteiger partial charge in [-0.15, -0.1) is 0 Å². The number of nitrogens with zero attached hydrogens (tertiary/aromatic N) is 1. The maximum atomic E-state index is 5.48. The zero-order chi connectivity index (χ0) is 9.10. The number of para-hydroxylation sites is 1. The zero-order valence-corrected chi connectivity index (χ0v) is 7.61. The lowest BCUT2D eigenvalue weighted by Crippen LogP contribution is -2.04. The number of aromatic nitrogens is 1. The first kappa shape index (κ1) is 8.32. The summed E-state index contributed by atoms with van der Waals surface area (Å²) < 4.78 is 2.25. The highest BCUT2D eigenvalue weighted by Crippen LogP contribution is 2.14. The molecule has 1 aromatic heterocycles. The predicted molar refractivity (Wildman–Crippen MR) is 55.6 cm³/mol. The highest BCUT2D eigenvalue weighted by atomic mass is 14.9. The molecule has 0 unspecified atom stereocenters. The quantitative estimate of drug-likeness (QED) is 0.758. The number of nitrogens with two attached hydrogens (primary N) is 1. The van der Waals surface area contributed by atoms with Crippen LogP contribution in [-0.2, 0) is 6.54 Å². The van der Waals surface area contributed by atoms with Crippen molar-refractivity contribution in [3.63, 3.8) is 0 Å². The Morgan fingerprint density at radius 1 is 1.15 bits per heavy atom. The third-order valence-corrected chi connectivity index (χ3v) is 2.28. The van der Waals surface area contributed by atoms with Crippen molar-refractivity contribution in [1.29, 1.82) is 0 Å². The molecule has 0 amide bonds. The van der Waals surface area contributed by atoms with Gasteiger partial charge in [-0.2, -0.15) is 0 Å². The minimum absolute atomic E-state index is 0.756. The monoisotopic (exact) mass is 174 g/mol. The molecule has 1 heterocycles. The molecule has 2 aromatic rings. The second kappa shape index (κ2) is 3.62. The van der Waals surface area contributed by atoms with Gasteiger partial charge in [0.05, 0.1) is 0 Å². The molecule has 0 saturated carbocycles. The second-order valence-electron chi connectivity index (χ2n) is 3.21. The number of rotatable bonds is 3. The topological polar surface area (TPSA) is 30.9 Å². The summed E-state index contributed by atoms with van der Waals surface area (Å²) in [4.78, 5) is 0. The molecule has 1 aromatic carbocycles. The molecule has 0 radical (unpaired) electrons. The molecule has 0 saturated heterocycles. The van der Waals surface area contributed by atoms with Gasteiger partial charge in [0.15, 0.2) is 0 Å². The van der Waals surface area contributed by atoms with Crippen LogP contribution >= 0.6 is 0 Å². The fourth-order valence-electron chi connectivity index (χ4n) is 1.60. The molecule has 2 nitrogen and oxygen atoms in total. The van der Waals surface area contributed by atoms with E-state index in [1.807, 2.05) is 0 Å². The van der Waals surface area contributed by atoms with Gasteiger partial charge in [-0.1, -0.05) is 18.2 Å². The minimum atomic E-state index is 0.756. The van der Waals surface area contributed by atoms with Gasteiger partial charge in [0, 0.05) is 18.3 Å². The highest BCUT2D eigenvalue weighted by molar-refractivity contribution is 5.79. The molecule has 2 rings (SSSR count). The first-order valence-electron chi connectivity index (χ1n) is 4.66. The van der Waals surface area contributed by atoms with Crippen LogP contribution in [0, 0.1) is 0 Å². The van der Waals surface area contributed by atoms with E-state index in [0.717, 1.165) is 19.5 Å². The SMILES string of the molecule is NCCCn1ccc2ccccc21. The zero-order valence-electron chi connectivity index (χ0n) is 7.61. The van der Waals surface area contributed by atoms with Crippen molar-refractivity contribution in [1.82, 2.24) is 4.57 Å². The van der Waals surface area contributed by atoms with E-state index in [4.69, 9.17) is 5.73 Å². The van der Waals surface area contributed by atoms with Gasteiger partial charge in [0.1, 0.15) is 0 Å². The summed E-state index contributed by atoms with van der Waals surface area (Å²) in [5.74, 6) is 0. The summed E-state index contributed by atoms with van der Waals surface area (Å²) in [5.41, 5.74) is 6.78. The van der Waals surface area contributed by atoms with Gasteiger partial charge in [0.2, 0.25) is 0 Å². The smallest absolute Gasteiger partial charge is 0.0480 e. The van der Waals surface area contributed by atoms with Gasteiger partial charge >= 0.3 is 0 Å². The summed E-state index contributed by atoms with van der Waals surface area (Å²) in [6, 6.07) is 10.6. The lowest BCUT2D eigenvalue weighted by molar-refractivity contribution is 0.671. The Morgan fingerprint density at radius 3 is 2.85 bits per heavy atom. The van der Waals surface area contributed by atoms with E-state index in [2.05, 4.69) is 41.1 Å². The van der Waals surface area contributed by atoms with Crippen molar-refractivity contribution in [3.8, 4) is 0 Å². The average Bonchev–Trinajstić information content (AvgIpc) is 2.58. The highest BCUT2D eigenvalue weighted by Gasteiger charge is 1.97. The van der Waals surface area contributed by atoms with E-state index < -0.39 is 0 Å². The fraction of sp³-hybridized carbons (Fsp3) is 0.273. The summed E-state index contributed by atoms with van der Waals surface area (Å²) in [6.07, 6.45) is 3.17. The average molecular weight is 174 g/mol. The van der Waals surface area contributed by atoms with E-state index in [-0.39, 0.29) is 0 Å². The molecular formula is C11H14N2. The number of fused-ring (bicyclic) bond motifs is 1. The Bertz CT molecular complexity index is 390. The maximum absolute atomic E-state index is 5.48. The van der Waals surface area contributed by atoms with E-state index in [1.165, 1.54) is 10.9 Å². The van der Waals surface area contributed by atoms with Crippen LogP contribution in [0.15, 0.2) is 36.5 Å². The van der Waals surface area contributed by atoms with Crippen LogP contribution in [0.25, 0.3) is 10.9 Å². The van der Waals surface area contributed by atoms with Crippen molar-refractivity contribution >= 4 is 10.9 Å². The molecule has 0 bridgehead atoms. The van der Waals surface area contributed by atoms with Gasteiger partial charge < -0.3 is 10.3 Å². The lowest BCUT2D eigenvalue weighted by atomic mass is 10.2. The molecule has 68 valence electrons. The molecule has 0 spiro atoms. The van der Waals surface area contributed by atoms with Crippen molar-refractivity contribution in [2.24, 2.45) is 5.73 Å². The van der Waals surface area contributed by atoms with Gasteiger partial charge in [-0.05, 0) is 30.5 Å². The molecule has 0 aliphatic heterocycles. The number of benzene rings is 1. The van der Waals surface area contributed by atoms with Gasteiger partial charge in [-0.3, -0.25) is 0 Å². The Hall–Kier alpha value is -1.28. The first-order valence-corrected chi connectivity index (χ1v) is 4.66. The van der Waals surface area contributed by atoms with Crippen molar-refractivity contribution in [2.75, 3.05) is 6.54 Å². The van der Waals surface area contributed by atoms with Crippen LogP contribution in [0.1, 0.15) is 6.42 Å². The first-order chi connectivity index (χ1) is 6.42. The molecule has 13 heavy (non-hydrogen) atoms. The minimum Gasteiger partial charge on any atom is -0.347 e. The normalized spacial score (nSPS) is 10.8. The van der Waals surface area contributed by atoms with E-state index in [1.54, 1.807) is 0 Å². The van der Waals surface area contributed by atoms with Crippen molar-refractivity contribution < 1.29 is 0 Å². The fourth-order valence-corrected chi connectivity index (χ4v) is 1.60. The van der Waals surface area contributed by atoms with Gasteiger partial charge in [-0.25, -0.2) is 0 Å². The third kappa shape index (κ3) is 1.58. The Balaban J connectivity index is 2.35. The predicted octanol–water partition coefficient (Wildman–Crippen LogP) is 1.99. The van der Waals surface area contributed by atoms with Gasteiger partial charge in [0.25, 0.3) is 0 Å². The standard InChI is InChI=1S/C11H14N2/c12-7-3-8-13-9-6-10-4-1-2-5-11(10)13/h1-2,4-6,9H,3,7-8,12H2. The van der Waals surface area contributed by atoms with Crippen LogP contribution in [0.4, 0.5) is 0 Å². The molecule has 0 aliphatic rings. The van der Waals surface area contributed by atoms with E-state index >= 15 is 0 Å². The number of hydrogen-bond acceptors (Lipinski definition) is 1. The Labute approximate surface area is 78.0 Å². The molecule has 0 fully saturated rings. The van der Waals surface area contributed by atoms with E-state index in [9.17, 15) is 0 Å². The molecule has 0 aliphatic carbocycles. The van der Waals surface area contributed by atoms with Crippen LogP contribution in [-0.4, -0.2) is 11.1 Å². The van der Waals surface area contributed by atoms with Crippen LogP contribution in [0.2, 0.25) is 0 Å². The van der Waals surface area contributed by atoms with E-state index in [0.29, 0.717) is 0 Å². The third-order valence-electron chi connectivity index (χ3n) is 2.28. The molecular weight excluding hydrogens is 160 g/mol. The van der Waals surface area contributed by atoms with Crippen molar-refractivity contribution in [3.05, 3.63) is 36.5 Å². The van der Waals surface area contributed by atoms with Crippen LogP contribution in [0.3, 0.4) is 0 Å². The van der Waals surface area contributed by atoms with Crippen LogP contribution < -0.4 is 5.73 Å². The van der Waals surface area contributed by atoms with Crippen LogP contribution in [0.5, 0.6) is 0 Å². The summed E-state index contributed by atoms with van der Waals surface area (Å²) in [6.45, 7) is 1.77. The Morgan fingerprint density at radius 2 is 2.00 bits per heavy atom. The molecule has 2 heteroatoms. The maximum Gasteiger partial charge on any atom is 0.0480 e.